The van der Waals surface area contributed by atoms with Gasteiger partial charge in [0.25, 0.3) is 0 Å². The molecule has 0 aliphatic carbocycles. The van der Waals surface area contributed by atoms with E-state index < -0.39 is 20.8 Å². The molecule has 0 atom stereocenters. The molecule has 0 fully saturated rings. The van der Waals surface area contributed by atoms with Gasteiger partial charge in [0.05, 0.1) is 0 Å². The minimum atomic E-state index is -0.826. The molecule has 2 radical (unpaired) electrons. The van der Waals surface area contributed by atoms with E-state index in [2.05, 4.69) is 181 Å². The molecule has 6 aromatic rings. The molecule has 0 amide bonds. The van der Waals surface area contributed by atoms with Crippen molar-refractivity contribution in [2.75, 3.05) is 0 Å². The van der Waals surface area contributed by atoms with E-state index in [0.29, 0.717) is 0 Å². The van der Waals surface area contributed by atoms with Gasteiger partial charge in [0.1, 0.15) is 0 Å². The van der Waals surface area contributed by atoms with Gasteiger partial charge >= 0.3 is 37.9 Å². The molecule has 0 aromatic heterocycles. The second-order valence-corrected chi connectivity index (χ2v) is 20.3. The molecule has 4 heteroatoms. The Morgan fingerprint density at radius 1 is 0.500 bits per heavy atom. The van der Waals surface area contributed by atoms with Gasteiger partial charge in [-0.05, 0) is 96.9 Å². The first-order chi connectivity index (χ1) is 23.4. The van der Waals surface area contributed by atoms with Crippen LogP contribution in [0.5, 0.6) is 0 Å². The van der Waals surface area contributed by atoms with Gasteiger partial charge in [-0.3, -0.25) is 0 Å². The predicted octanol–water partition coefficient (Wildman–Crippen LogP) is 15.1. The van der Waals surface area contributed by atoms with Crippen LogP contribution in [0, 0.1) is 41.5 Å². The molecular formula is C46H56Cl2SiZr. The summed E-state index contributed by atoms with van der Waals surface area (Å²) >= 11 is -0.826. The SMILES string of the molecule is C[Si]C.Cc1ccc(-c2cccc3[cH-]c(C(C)(C)C)cc23)c(C)c1C.Cc1ccc(-c2cccc3[cH-]c(C(C)(C)C)cc23)c(C)c1C.[Cl][Zr+2][Cl]. The van der Waals surface area contributed by atoms with Crippen molar-refractivity contribution in [2.45, 2.75) is 107 Å². The molecule has 0 saturated carbocycles. The first kappa shape index (κ1) is 42.2. The standard InChI is InChI=1S/2C22H25.C2H6Si.2ClH.Zr/c2*1-14-10-11-19(16(3)15(14)2)20-9-7-8-17-12-18(13-21(17)20)22(4,5)6;1-3-2;;;/h2*7-13H,1-6H3;1-2H3;2*1H;/q2*-1;;;;+4/p-2. The van der Waals surface area contributed by atoms with Crippen LogP contribution in [0.3, 0.4) is 0 Å². The summed E-state index contributed by atoms with van der Waals surface area (Å²) in [5.41, 5.74) is 17.0. The molecule has 6 rings (SSSR count). The van der Waals surface area contributed by atoms with Gasteiger partial charge in [-0.1, -0.05) is 102 Å². The van der Waals surface area contributed by atoms with E-state index in [-0.39, 0.29) is 10.8 Å². The molecule has 50 heavy (non-hydrogen) atoms. The molecule has 0 N–H and O–H groups in total. The van der Waals surface area contributed by atoms with Crippen LogP contribution in [-0.4, -0.2) is 9.52 Å². The molecule has 0 bridgehead atoms. The molecular weight excluding hydrogens is 743 g/mol. The summed E-state index contributed by atoms with van der Waals surface area (Å²) in [6, 6.07) is 31.8. The van der Waals surface area contributed by atoms with Crippen LogP contribution in [0.25, 0.3) is 43.8 Å². The third-order valence-electron chi connectivity index (χ3n) is 9.93. The fourth-order valence-corrected chi connectivity index (χ4v) is 6.30. The summed E-state index contributed by atoms with van der Waals surface area (Å²) in [5.74, 6) is 0. The van der Waals surface area contributed by atoms with Crippen LogP contribution in [0.1, 0.15) is 86.1 Å². The maximum atomic E-state index is 4.93. The molecule has 6 aromatic carbocycles. The van der Waals surface area contributed by atoms with E-state index in [1.54, 1.807) is 0 Å². The summed E-state index contributed by atoms with van der Waals surface area (Å²) in [5, 5.41) is 5.44. The average molecular weight is 799 g/mol. The van der Waals surface area contributed by atoms with E-state index in [4.69, 9.17) is 17.0 Å². The molecule has 262 valence electrons. The summed E-state index contributed by atoms with van der Waals surface area (Å²) in [6.45, 7) is 31.3. The van der Waals surface area contributed by atoms with E-state index in [0.717, 1.165) is 9.52 Å². The Bertz CT molecular complexity index is 1880. The zero-order chi connectivity index (χ0) is 37.6. The van der Waals surface area contributed by atoms with Gasteiger partial charge in [-0.15, -0.1) is 69.1 Å². The van der Waals surface area contributed by atoms with Crippen molar-refractivity contribution in [1.29, 1.82) is 0 Å². The van der Waals surface area contributed by atoms with Crippen molar-refractivity contribution < 1.29 is 20.8 Å². The number of hydrogen-bond donors (Lipinski definition) is 0. The van der Waals surface area contributed by atoms with Gasteiger partial charge in [0, 0.05) is 9.52 Å². The molecule has 0 heterocycles. The summed E-state index contributed by atoms with van der Waals surface area (Å²) in [6.07, 6.45) is 0. The molecule has 0 saturated heterocycles. The molecule has 0 aliphatic rings. The number of fused-ring (bicyclic) bond motifs is 2. The van der Waals surface area contributed by atoms with E-state index in [9.17, 15) is 0 Å². The fourth-order valence-electron chi connectivity index (χ4n) is 6.30. The second kappa shape index (κ2) is 18.0. The van der Waals surface area contributed by atoms with Crippen LogP contribution in [0.4, 0.5) is 0 Å². The maximum absolute atomic E-state index is 4.93. The van der Waals surface area contributed by atoms with Crippen molar-refractivity contribution in [2.24, 2.45) is 0 Å². The van der Waals surface area contributed by atoms with Crippen molar-refractivity contribution in [3.05, 3.63) is 129 Å². The second-order valence-electron chi connectivity index (χ2n) is 15.5. The molecule has 0 unspecified atom stereocenters. The normalized spacial score (nSPS) is 11.2. The predicted molar refractivity (Wildman–Crippen MR) is 225 cm³/mol. The van der Waals surface area contributed by atoms with E-state index in [1.165, 1.54) is 88.3 Å². The van der Waals surface area contributed by atoms with Crippen molar-refractivity contribution in [3.63, 3.8) is 0 Å². The monoisotopic (exact) mass is 796 g/mol. The summed E-state index contributed by atoms with van der Waals surface area (Å²) < 4.78 is 0. The average Bonchev–Trinajstić information content (AvgIpc) is 3.70. The van der Waals surface area contributed by atoms with E-state index in [1.807, 2.05) is 0 Å². The zero-order valence-corrected chi connectivity index (χ0v) is 37.8. The van der Waals surface area contributed by atoms with Crippen LogP contribution >= 0.6 is 17.0 Å². The van der Waals surface area contributed by atoms with Crippen LogP contribution in [0.2, 0.25) is 13.1 Å². The van der Waals surface area contributed by atoms with Crippen LogP contribution in [0.15, 0.2) is 84.9 Å². The van der Waals surface area contributed by atoms with Crippen LogP contribution < -0.4 is 0 Å². The Labute approximate surface area is 325 Å². The van der Waals surface area contributed by atoms with Gasteiger partial charge in [0.15, 0.2) is 0 Å². The number of benzene rings is 4. The van der Waals surface area contributed by atoms with Gasteiger partial charge < -0.3 is 0 Å². The Balaban J connectivity index is 0.000000234. The van der Waals surface area contributed by atoms with Gasteiger partial charge in [0.2, 0.25) is 0 Å². The topological polar surface area (TPSA) is 0 Å². The van der Waals surface area contributed by atoms with Gasteiger partial charge in [-0.25, -0.2) is 0 Å². The summed E-state index contributed by atoms with van der Waals surface area (Å²) in [4.78, 5) is 0. The number of hydrogen-bond acceptors (Lipinski definition) is 0. The molecule has 0 nitrogen and oxygen atoms in total. The Kier molecular flexibility index (Phi) is 15.2. The van der Waals surface area contributed by atoms with Crippen molar-refractivity contribution in [1.82, 2.24) is 0 Å². The molecule has 0 spiro atoms. The van der Waals surface area contributed by atoms with E-state index >= 15 is 0 Å². The van der Waals surface area contributed by atoms with Gasteiger partial charge in [-0.2, -0.15) is 12.1 Å². The molecule has 0 aliphatic heterocycles. The van der Waals surface area contributed by atoms with Crippen LogP contribution in [-0.2, 0) is 31.7 Å². The Morgan fingerprint density at radius 2 is 0.820 bits per heavy atom. The Morgan fingerprint density at radius 3 is 1.12 bits per heavy atom. The third kappa shape index (κ3) is 10.0. The first-order valence-electron chi connectivity index (χ1n) is 17.5. The Hall–Kier alpha value is -2.22. The zero-order valence-electron chi connectivity index (χ0n) is 32.8. The third-order valence-corrected chi connectivity index (χ3v) is 9.93. The van der Waals surface area contributed by atoms with Crippen molar-refractivity contribution in [3.8, 4) is 22.3 Å². The first-order valence-corrected chi connectivity index (χ1v) is 25.8. The minimum absolute atomic E-state index is 0.189. The summed E-state index contributed by atoms with van der Waals surface area (Å²) in [7, 11) is 11.0. The fraction of sp³-hybridized carbons (Fsp3) is 0.348. The van der Waals surface area contributed by atoms with Crippen molar-refractivity contribution >= 4 is 48.1 Å². The number of rotatable bonds is 2. The quantitative estimate of drug-likeness (QED) is 0.121. The number of halogens is 2. The number of aryl methyl sites for hydroxylation is 2.